The van der Waals surface area contributed by atoms with Crippen LogP contribution in [0.5, 0.6) is 0 Å². The van der Waals surface area contributed by atoms with E-state index < -0.39 is 17.4 Å². The second kappa shape index (κ2) is 7.60. The van der Waals surface area contributed by atoms with Crippen molar-refractivity contribution in [2.24, 2.45) is 5.73 Å². The van der Waals surface area contributed by atoms with Crippen LogP contribution in [0.25, 0.3) is 0 Å². The second-order valence-electron chi connectivity index (χ2n) is 6.53. The number of carbonyl (C=O) groups excluding carboxylic acids is 1. The van der Waals surface area contributed by atoms with E-state index in [4.69, 9.17) is 5.73 Å². The van der Waals surface area contributed by atoms with Crippen LogP contribution in [0.3, 0.4) is 0 Å². The lowest BCUT2D eigenvalue weighted by molar-refractivity contribution is -0.129. The molecule has 0 saturated heterocycles. The molecule has 24 heavy (non-hydrogen) atoms. The third-order valence-electron chi connectivity index (χ3n) is 4.81. The summed E-state index contributed by atoms with van der Waals surface area (Å²) in [4.78, 5) is 14.7. The molecule has 0 aliphatic heterocycles. The summed E-state index contributed by atoms with van der Waals surface area (Å²) in [6, 6.07) is 18.6. The Morgan fingerprint density at radius 3 is 2.04 bits per heavy atom. The van der Waals surface area contributed by atoms with E-state index in [-0.39, 0.29) is 6.04 Å². The first-order chi connectivity index (χ1) is 11.4. The van der Waals surface area contributed by atoms with Crippen LogP contribution in [-0.2, 0) is 10.2 Å². The van der Waals surface area contributed by atoms with Gasteiger partial charge in [-0.1, -0.05) is 60.7 Å². The van der Waals surface area contributed by atoms with Gasteiger partial charge in [0.15, 0.2) is 0 Å². The lowest BCUT2D eigenvalue weighted by Gasteiger charge is -2.39. The molecule has 2 aromatic rings. The molecule has 0 heterocycles. The molecule has 0 radical (unpaired) electrons. The van der Waals surface area contributed by atoms with E-state index in [1.54, 1.807) is 0 Å². The highest BCUT2D eigenvalue weighted by atomic mass is 16.3. The molecule has 0 bridgehead atoms. The SMILES string of the molecule is CC(CC(C(N)=O)(c1ccccc1)C(O)c1ccccc1)N(C)C. The number of rotatable bonds is 7. The van der Waals surface area contributed by atoms with Gasteiger partial charge in [-0.2, -0.15) is 0 Å². The van der Waals surface area contributed by atoms with Crippen molar-refractivity contribution < 1.29 is 9.90 Å². The minimum Gasteiger partial charge on any atom is -0.387 e. The predicted molar refractivity (Wildman–Crippen MR) is 96.5 cm³/mol. The molecule has 0 aromatic heterocycles. The third-order valence-corrected chi connectivity index (χ3v) is 4.81. The first kappa shape index (κ1) is 18.2. The van der Waals surface area contributed by atoms with Gasteiger partial charge in [-0.15, -0.1) is 0 Å². The topological polar surface area (TPSA) is 66.6 Å². The molecule has 3 unspecified atom stereocenters. The molecule has 2 aromatic carbocycles. The minimum absolute atomic E-state index is 0.0658. The molecule has 3 atom stereocenters. The van der Waals surface area contributed by atoms with Crippen molar-refractivity contribution in [2.45, 2.75) is 30.9 Å². The summed E-state index contributed by atoms with van der Waals surface area (Å²) in [5.74, 6) is -0.515. The van der Waals surface area contributed by atoms with Crippen LogP contribution < -0.4 is 5.73 Å². The average molecular weight is 326 g/mol. The number of primary amides is 1. The number of benzene rings is 2. The molecule has 3 N–H and O–H groups in total. The molecule has 0 aliphatic rings. The van der Waals surface area contributed by atoms with Gasteiger partial charge < -0.3 is 15.7 Å². The van der Waals surface area contributed by atoms with Gasteiger partial charge in [0.25, 0.3) is 0 Å². The smallest absolute Gasteiger partial charge is 0.231 e. The Labute approximate surface area is 143 Å². The van der Waals surface area contributed by atoms with Crippen molar-refractivity contribution in [3.8, 4) is 0 Å². The molecule has 0 spiro atoms. The number of hydrogen-bond acceptors (Lipinski definition) is 3. The maximum absolute atomic E-state index is 12.6. The van der Waals surface area contributed by atoms with E-state index in [1.807, 2.05) is 86.6 Å². The number of amides is 1. The Morgan fingerprint density at radius 2 is 1.58 bits per heavy atom. The molecule has 0 aliphatic carbocycles. The lowest BCUT2D eigenvalue weighted by atomic mass is 9.68. The van der Waals surface area contributed by atoms with Crippen LogP contribution in [0.2, 0.25) is 0 Å². The van der Waals surface area contributed by atoms with Crippen LogP contribution in [0.15, 0.2) is 60.7 Å². The average Bonchev–Trinajstić information content (AvgIpc) is 2.60. The number of carbonyl (C=O) groups is 1. The monoisotopic (exact) mass is 326 g/mol. The molecule has 4 nitrogen and oxygen atoms in total. The molecule has 0 fully saturated rings. The van der Waals surface area contributed by atoms with Crippen molar-refractivity contribution in [3.63, 3.8) is 0 Å². The molecule has 4 heteroatoms. The minimum atomic E-state index is -1.19. The summed E-state index contributed by atoms with van der Waals surface area (Å²) >= 11 is 0. The quantitative estimate of drug-likeness (QED) is 0.821. The van der Waals surface area contributed by atoms with E-state index in [9.17, 15) is 9.90 Å². The summed E-state index contributed by atoms with van der Waals surface area (Å²) in [5.41, 5.74) is 6.11. The fourth-order valence-corrected chi connectivity index (χ4v) is 3.07. The largest absolute Gasteiger partial charge is 0.387 e. The number of aliphatic hydroxyl groups is 1. The van der Waals surface area contributed by atoms with Gasteiger partial charge in [0, 0.05) is 6.04 Å². The van der Waals surface area contributed by atoms with Gasteiger partial charge in [-0.25, -0.2) is 0 Å². The molecular formula is C20H26N2O2. The van der Waals surface area contributed by atoms with Crippen molar-refractivity contribution in [3.05, 3.63) is 71.8 Å². The van der Waals surface area contributed by atoms with E-state index >= 15 is 0 Å². The zero-order valence-electron chi connectivity index (χ0n) is 14.5. The summed E-state index contributed by atoms with van der Waals surface area (Å²) in [7, 11) is 3.91. The summed E-state index contributed by atoms with van der Waals surface area (Å²) in [5, 5.41) is 11.2. The zero-order chi connectivity index (χ0) is 17.7. The summed E-state index contributed by atoms with van der Waals surface area (Å²) in [6.07, 6.45) is -0.587. The van der Waals surface area contributed by atoms with Crippen molar-refractivity contribution in [1.29, 1.82) is 0 Å². The summed E-state index contributed by atoms with van der Waals surface area (Å²) in [6.45, 7) is 2.03. The van der Waals surface area contributed by atoms with Crippen LogP contribution in [0, 0.1) is 0 Å². The van der Waals surface area contributed by atoms with Gasteiger partial charge in [0.2, 0.25) is 5.91 Å². The van der Waals surface area contributed by atoms with Crippen LogP contribution in [-0.4, -0.2) is 36.1 Å². The Morgan fingerprint density at radius 1 is 1.08 bits per heavy atom. The highest BCUT2D eigenvalue weighted by Crippen LogP contribution is 2.41. The van der Waals surface area contributed by atoms with Crippen molar-refractivity contribution >= 4 is 5.91 Å². The number of aliphatic hydroxyl groups excluding tert-OH is 1. The standard InChI is InChI=1S/C20H26N2O2/c1-15(22(2)3)14-20(19(21)24,17-12-8-5-9-13-17)18(23)16-10-6-4-7-11-16/h4-13,15,18,23H,14H2,1-3H3,(H2,21,24). The first-order valence-electron chi connectivity index (χ1n) is 8.14. The van der Waals surface area contributed by atoms with Crippen LogP contribution in [0.1, 0.15) is 30.6 Å². The predicted octanol–water partition coefficient (Wildman–Crippen LogP) is 2.48. The molecule has 2 rings (SSSR count). The molecular weight excluding hydrogens is 300 g/mol. The Bertz CT molecular complexity index is 658. The third kappa shape index (κ3) is 3.50. The van der Waals surface area contributed by atoms with Crippen LogP contribution in [0.4, 0.5) is 0 Å². The van der Waals surface area contributed by atoms with E-state index in [1.165, 1.54) is 0 Å². The Kier molecular flexibility index (Phi) is 5.75. The Hall–Kier alpha value is -2.17. The van der Waals surface area contributed by atoms with E-state index in [0.717, 1.165) is 5.56 Å². The number of hydrogen-bond donors (Lipinski definition) is 2. The fraction of sp³-hybridized carbons (Fsp3) is 0.350. The summed E-state index contributed by atoms with van der Waals surface area (Å²) < 4.78 is 0. The van der Waals surface area contributed by atoms with Crippen molar-refractivity contribution in [1.82, 2.24) is 4.90 Å². The normalized spacial score (nSPS) is 16.4. The highest BCUT2D eigenvalue weighted by molar-refractivity contribution is 5.88. The molecule has 0 saturated carbocycles. The van der Waals surface area contributed by atoms with Crippen molar-refractivity contribution in [2.75, 3.05) is 14.1 Å². The molecule has 128 valence electrons. The van der Waals surface area contributed by atoms with E-state index in [2.05, 4.69) is 0 Å². The van der Waals surface area contributed by atoms with Gasteiger partial charge in [0.05, 0.1) is 6.10 Å². The van der Waals surface area contributed by atoms with E-state index in [0.29, 0.717) is 12.0 Å². The fourth-order valence-electron chi connectivity index (χ4n) is 3.07. The zero-order valence-corrected chi connectivity index (χ0v) is 14.5. The van der Waals surface area contributed by atoms with Gasteiger partial charge in [-0.05, 0) is 38.6 Å². The van der Waals surface area contributed by atoms with Gasteiger partial charge >= 0.3 is 0 Å². The lowest BCUT2D eigenvalue weighted by Crippen LogP contribution is -2.49. The highest BCUT2D eigenvalue weighted by Gasteiger charge is 2.47. The second-order valence-corrected chi connectivity index (χ2v) is 6.53. The maximum atomic E-state index is 12.6. The first-order valence-corrected chi connectivity index (χ1v) is 8.14. The maximum Gasteiger partial charge on any atom is 0.231 e. The van der Waals surface area contributed by atoms with Crippen LogP contribution >= 0.6 is 0 Å². The number of nitrogens with two attached hydrogens (primary N) is 1. The van der Waals surface area contributed by atoms with Gasteiger partial charge in [0.1, 0.15) is 5.41 Å². The number of nitrogens with zero attached hydrogens (tertiary/aromatic N) is 1. The van der Waals surface area contributed by atoms with Gasteiger partial charge in [-0.3, -0.25) is 4.79 Å². The molecule has 1 amide bonds. The Balaban J connectivity index is 2.60.